The number of rotatable bonds is 6. The van der Waals surface area contributed by atoms with Crippen LogP contribution in [0.3, 0.4) is 0 Å². The Kier molecular flexibility index (Phi) is 6.92. The topological polar surface area (TPSA) is 82.1 Å². The monoisotopic (exact) mass is 376 g/mol. The molecule has 2 rings (SSSR count). The van der Waals surface area contributed by atoms with Crippen molar-refractivity contribution >= 4 is 11.8 Å². The number of hydrogen-bond donors (Lipinski definition) is 1. The van der Waals surface area contributed by atoms with Gasteiger partial charge in [-0.2, -0.15) is 0 Å². The van der Waals surface area contributed by atoms with E-state index in [1.807, 2.05) is 19.9 Å². The van der Waals surface area contributed by atoms with Crippen molar-refractivity contribution in [3.8, 4) is 0 Å². The molecule has 0 saturated carbocycles. The van der Waals surface area contributed by atoms with Gasteiger partial charge in [-0.1, -0.05) is 30.3 Å². The molecule has 6 nitrogen and oxygen atoms in total. The molecule has 6 heteroatoms. The van der Waals surface area contributed by atoms with Gasteiger partial charge in [0.1, 0.15) is 12.7 Å². The number of esters is 1. The van der Waals surface area contributed by atoms with Crippen LogP contribution in [-0.2, 0) is 23.8 Å². The van der Waals surface area contributed by atoms with E-state index in [-0.39, 0.29) is 18.3 Å². The Balaban J connectivity index is 2.21. The Morgan fingerprint density at radius 3 is 2.41 bits per heavy atom. The number of benzene rings is 1. The van der Waals surface area contributed by atoms with Gasteiger partial charge >= 0.3 is 5.97 Å². The summed E-state index contributed by atoms with van der Waals surface area (Å²) < 4.78 is 16.6. The fourth-order valence-electron chi connectivity index (χ4n) is 2.54. The van der Waals surface area contributed by atoms with Crippen LogP contribution in [0, 0.1) is 5.41 Å². The first-order valence-electron chi connectivity index (χ1n) is 9.06. The molecule has 0 spiro atoms. The average Bonchev–Trinajstić information content (AvgIpc) is 2.60. The number of ketones is 1. The van der Waals surface area contributed by atoms with Crippen molar-refractivity contribution in [1.29, 1.82) is 0 Å². The molecule has 27 heavy (non-hydrogen) atoms. The number of Topliss-reactive ketones (excluding diaryl/α,β-unsaturated/α-hetero) is 1. The van der Waals surface area contributed by atoms with E-state index in [2.05, 4.69) is 0 Å². The Morgan fingerprint density at radius 2 is 1.85 bits per heavy atom. The summed E-state index contributed by atoms with van der Waals surface area (Å²) in [6.07, 6.45) is -1.61. The Morgan fingerprint density at radius 1 is 1.22 bits per heavy atom. The number of carbonyl (C=O) groups is 2. The van der Waals surface area contributed by atoms with E-state index in [0.717, 1.165) is 0 Å². The SMILES string of the molecule is CC(C)O[C@@H]1C=C([C@H](O)c2ccccc2)C(=O)[C@@H](COC(=O)C(C)(C)C)O1. The fraction of sp³-hybridized carbons (Fsp3) is 0.524. The molecule has 0 amide bonds. The van der Waals surface area contributed by atoms with Crippen LogP contribution in [0.4, 0.5) is 0 Å². The molecule has 1 aromatic carbocycles. The molecule has 0 fully saturated rings. The Hall–Kier alpha value is -2.02. The van der Waals surface area contributed by atoms with Crippen LogP contribution in [0.1, 0.15) is 46.3 Å². The number of hydrogen-bond acceptors (Lipinski definition) is 6. The highest BCUT2D eigenvalue weighted by Crippen LogP contribution is 2.29. The minimum atomic E-state index is -1.11. The summed E-state index contributed by atoms with van der Waals surface area (Å²) in [7, 11) is 0. The van der Waals surface area contributed by atoms with Gasteiger partial charge in [0.05, 0.1) is 11.5 Å². The molecule has 0 aromatic heterocycles. The van der Waals surface area contributed by atoms with Crippen molar-refractivity contribution in [1.82, 2.24) is 0 Å². The lowest BCUT2D eigenvalue weighted by Gasteiger charge is -2.31. The number of aliphatic hydroxyl groups excluding tert-OH is 1. The van der Waals surface area contributed by atoms with E-state index in [4.69, 9.17) is 14.2 Å². The maximum absolute atomic E-state index is 12.8. The lowest BCUT2D eigenvalue weighted by molar-refractivity contribution is -0.189. The summed E-state index contributed by atoms with van der Waals surface area (Å²) in [6.45, 7) is 8.65. The van der Waals surface area contributed by atoms with Crippen LogP contribution in [0.15, 0.2) is 42.0 Å². The first-order valence-corrected chi connectivity index (χ1v) is 9.06. The molecule has 0 saturated heterocycles. The summed E-state index contributed by atoms with van der Waals surface area (Å²) in [5, 5.41) is 10.7. The van der Waals surface area contributed by atoms with Crippen LogP contribution >= 0.6 is 0 Å². The maximum atomic E-state index is 12.8. The van der Waals surface area contributed by atoms with E-state index < -0.39 is 35.7 Å². The zero-order valence-corrected chi connectivity index (χ0v) is 16.5. The van der Waals surface area contributed by atoms with Crippen LogP contribution in [0.5, 0.6) is 0 Å². The van der Waals surface area contributed by atoms with Crippen LogP contribution in [0.2, 0.25) is 0 Å². The first-order chi connectivity index (χ1) is 12.6. The average molecular weight is 376 g/mol. The lowest BCUT2D eigenvalue weighted by atomic mass is 9.93. The van der Waals surface area contributed by atoms with E-state index >= 15 is 0 Å². The van der Waals surface area contributed by atoms with Gasteiger partial charge in [-0.25, -0.2) is 0 Å². The second-order valence-corrected chi connectivity index (χ2v) is 7.83. The van der Waals surface area contributed by atoms with E-state index in [1.165, 1.54) is 6.08 Å². The molecular formula is C21H28O6. The largest absolute Gasteiger partial charge is 0.462 e. The predicted octanol–water partition coefficient (Wildman–Crippen LogP) is 2.95. The minimum absolute atomic E-state index is 0.146. The molecule has 0 aliphatic carbocycles. The molecule has 1 aliphatic heterocycles. The number of carbonyl (C=O) groups excluding carboxylic acids is 2. The van der Waals surface area contributed by atoms with Crippen LogP contribution in [-0.4, -0.2) is 42.0 Å². The summed E-state index contributed by atoms with van der Waals surface area (Å²) in [6, 6.07) is 8.87. The number of ether oxygens (including phenoxy) is 3. The molecular weight excluding hydrogens is 348 g/mol. The van der Waals surface area contributed by atoms with Gasteiger partial charge in [0.15, 0.2) is 18.2 Å². The highest BCUT2D eigenvalue weighted by atomic mass is 16.7. The van der Waals surface area contributed by atoms with Gasteiger partial charge in [-0.15, -0.1) is 0 Å². The molecule has 148 valence electrons. The fourth-order valence-corrected chi connectivity index (χ4v) is 2.54. The maximum Gasteiger partial charge on any atom is 0.311 e. The molecule has 0 radical (unpaired) electrons. The van der Waals surface area contributed by atoms with E-state index in [0.29, 0.717) is 5.56 Å². The zero-order valence-electron chi connectivity index (χ0n) is 16.5. The van der Waals surface area contributed by atoms with Crippen molar-refractivity contribution in [2.24, 2.45) is 5.41 Å². The molecule has 0 unspecified atom stereocenters. The second kappa shape index (κ2) is 8.78. The third-order valence-corrected chi connectivity index (χ3v) is 3.99. The van der Waals surface area contributed by atoms with Gasteiger partial charge in [-0.3, -0.25) is 9.59 Å². The van der Waals surface area contributed by atoms with Gasteiger partial charge in [0, 0.05) is 5.57 Å². The van der Waals surface area contributed by atoms with Crippen molar-refractivity contribution in [2.45, 2.75) is 59.2 Å². The van der Waals surface area contributed by atoms with Crippen molar-refractivity contribution in [2.75, 3.05) is 6.61 Å². The highest BCUT2D eigenvalue weighted by molar-refractivity contribution is 6.00. The van der Waals surface area contributed by atoms with E-state index in [9.17, 15) is 14.7 Å². The van der Waals surface area contributed by atoms with Gasteiger partial charge < -0.3 is 19.3 Å². The first kappa shape index (κ1) is 21.3. The Bertz CT molecular complexity index is 686. The van der Waals surface area contributed by atoms with Gasteiger partial charge in [-0.05, 0) is 46.3 Å². The summed E-state index contributed by atoms with van der Waals surface area (Å²) in [5.74, 6) is -0.850. The Labute approximate surface area is 160 Å². The highest BCUT2D eigenvalue weighted by Gasteiger charge is 2.37. The molecule has 1 aliphatic rings. The molecule has 0 bridgehead atoms. The lowest BCUT2D eigenvalue weighted by Crippen LogP contribution is -2.42. The molecule has 1 N–H and O–H groups in total. The molecule has 1 aromatic rings. The van der Waals surface area contributed by atoms with Crippen LogP contribution in [0.25, 0.3) is 0 Å². The standard InChI is InChI=1S/C21H28O6/c1-13(2)26-17-11-15(18(22)14-9-7-6-8-10-14)19(23)16(27-17)12-25-20(24)21(3,4)5/h6-11,13,16-18,22H,12H2,1-5H3/t16-,17+,18-/m1/s1. The van der Waals surface area contributed by atoms with Crippen molar-refractivity contribution in [3.05, 3.63) is 47.5 Å². The third-order valence-electron chi connectivity index (χ3n) is 3.99. The summed E-state index contributed by atoms with van der Waals surface area (Å²) in [5.41, 5.74) is 0.0796. The van der Waals surface area contributed by atoms with Crippen LogP contribution < -0.4 is 0 Å². The summed E-state index contributed by atoms with van der Waals surface area (Å²) in [4.78, 5) is 24.9. The van der Waals surface area contributed by atoms with E-state index in [1.54, 1.807) is 45.0 Å². The smallest absolute Gasteiger partial charge is 0.311 e. The molecule has 1 heterocycles. The van der Waals surface area contributed by atoms with Crippen molar-refractivity contribution < 1.29 is 28.9 Å². The normalized spacial score (nSPS) is 21.7. The zero-order chi connectivity index (χ0) is 20.2. The quantitative estimate of drug-likeness (QED) is 0.769. The number of aliphatic hydroxyl groups is 1. The van der Waals surface area contributed by atoms with Gasteiger partial charge in [0.2, 0.25) is 0 Å². The van der Waals surface area contributed by atoms with Crippen molar-refractivity contribution in [3.63, 3.8) is 0 Å². The second-order valence-electron chi connectivity index (χ2n) is 7.83. The predicted molar refractivity (Wildman–Crippen MR) is 99.8 cm³/mol. The molecule has 3 atom stereocenters. The van der Waals surface area contributed by atoms with Gasteiger partial charge in [0.25, 0.3) is 0 Å². The minimum Gasteiger partial charge on any atom is -0.462 e. The summed E-state index contributed by atoms with van der Waals surface area (Å²) >= 11 is 0. The third kappa shape index (κ3) is 5.73.